The van der Waals surface area contributed by atoms with Crippen LogP contribution >= 0.6 is 0 Å². The number of nitrogens with one attached hydrogen (secondary N) is 1. The summed E-state index contributed by atoms with van der Waals surface area (Å²) in [4.78, 5) is 27.6. The van der Waals surface area contributed by atoms with Crippen molar-refractivity contribution in [2.45, 2.75) is 55.9 Å². The van der Waals surface area contributed by atoms with Crippen molar-refractivity contribution in [1.29, 1.82) is 0 Å². The smallest absolute Gasteiger partial charge is 0.319 e. The van der Waals surface area contributed by atoms with Gasteiger partial charge in [-0.3, -0.25) is 14.3 Å². The molecule has 5 saturated heterocycles. The van der Waals surface area contributed by atoms with Crippen LogP contribution < -0.4 is 20.5 Å². The second-order valence-corrected chi connectivity index (χ2v) is 12.2. The zero-order chi connectivity index (χ0) is 30.4. The molecule has 7 heterocycles. The molecule has 9 nitrogen and oxygen atoms in total. The first kappa shape index (κ1) is 25.6. The molecule has 224 valence electrons. The van der Waals surface area contributed by atoms with Gasteiger partial charge in [0.2, 0.25) is 0 Å². The molecule has 0 aliphatic carbocycles. The van der Waals surface area contributed by atoms with Gasteiger partial charge in [-0.25, -0.2) is 13.2 Å². The number of hydrogen-bond acceptors (Lipinski definition) is 8. The molecule has 4 atom stereocenters. The van der Waals surface area contributed by atoms with Crippen molar-refractivity contribution in [2.24, 2.45) is 0 Å². The number of rotatable bonds is 5. The van der Waals surface area contributed by atoms with E-state index in [1.165, 1.54) is 24.4 Å². The lowest BCUT2D eigenvalue weighted by Crippen LogP contribution is -2.61. The average molecular weight is 594 g/mol. The second-order valence-electron chi connectivity index (χ2n) is 12.2. The van der Waals surface area contributed by atoms with E-state index >= 15 is 4.39 Å². The van der Waals surface area contributed by atoms with Crippen molar-refractivity contribution >= 4 is 27.5 Å². The maximum absolute atomic E-state index is 15.1. The summed E-state index contributed by atoms with van der Waals surface area (Å²) in [6.07, 6.45) is 2.94. The number of aromatic hydroxyl groups is 1. The lowest BCUT2D eigenvalue weighted by Gasteiger charge is -2.46. The molecule has 2 unspecified atom stereocenters. The number of pyridine rings is 1. The Balaban J connectivity index is 1.27. The Morgan fingerprint density at radius 2 is 2.07 bits per heavy atom. The van der Waals surface area contributed by atoms with Crippen LogP contribution in [0.25, 0.3) is 27.4 Å². The minimum Gasteiger partial charge on any atom is -0.508 e. The number of hydrogen-bond donors (Lipinski definition) is 2. The van der Waals surface area contributed by atoms with E-state index in [4.69, 9.17) is 11.1 Å². The number of phenolic OH excluding ortho intramolecular Hbond substituents is 1. The average Bonchev–Trinajstić information content (AvgIpc) is 3.50. The largest absolute Gasteiger partial charge is 0.508 e. The zero-order valence-electron chi connectivity index (χ0n) is 24.3. The molecule has 0 amide bonds. The molecule has 9 rings (SSSR count). The number of nitrogens with zero attached hydrogens (tertiary/aromatic N) is 5. The number of aromatic nitrogens is 3. The van der Waals surface area contributed by atoms with E-state index in [1.54, 1.807) is 6.07 Å². The monoisotopic (exact) mass is 593 g/mol. The lowest BCUT2D eigenvalue weighted by atomic mass is 9.93. The Kier molecular flexibility index (Phi) is 5.84. The van der Waals surface area contributed by atoms with Crippen LogP contribution in [0.3, 0.4) is 0 Å². The quantitative estimate of drug-likeness (QED) is 0.361. The Hall–Kier alpha value is -3.90. The summed E-state index contributed by atoms with van der Waals surface area (Å²) in [5.41, 5.74) is -1.29. The number of benzene rings is 2. The van der Waals surface area contributed by atoms with Gasteiger partial charge in [0, 0.05) is 55.8 Å². The summed E-state index contributed by atoms with van der Waals surface area (Å²) >= 11 is 0. The topological polar surface area (TPSA) is 95.8 Å². The van der Waals surface area contributed by atoms with Crippen LogP contribution in [-0.2, 0) is 0 Å². The highest BCUT2D eigenvalue weighted by molar-refractivity contribution is 5.94. The number of phenols is 1. The minimum atomic E-state index is -2.06. The van der Waals surface area contributed by atoms with Crippen molar-refractivity contribution in [3.63, 3.8) is 0 Å². The highest BCUT2D eigenvalue weighted by Crippen LogP contribution is 2.41. The van der Waals surface area contributed by atoms with Crippen molar-refractivity contribution in [3.05, 3.63) is 58.5 Å². The first-order valence-corrected chi connectivity index (χ1v) is 14.7. The number of anilines is 1. The fourth-order valence-corrected chi connectivity index (χ4v) is 7.55. The van der Waals surface area contributed by atoms with Crippen LogP contribution in [0.5, 0.6) is 11.8 Å². The summed E-state index contributed by atoms with van der Waals surface area (Å²) in [7, 11) is 0. The Bertz CT molecular complexity index is 1880. The van der Waals surface area contributed by atoms with Crippen molar-refractivity contribution < 1.29 is 24.4 Å². The molecule has 2 aromatic heterocycles. The van der Waals surface area contributed by atoms with Gasteiger partial charge in [0.25, 0.3) is 5.56 Å². The molecular weight excluding hydrogens is 561 g/mol. The normalized spacial score (nSPS) is 29.0. The maximum atomic E-state index is 15.1. The summed E-state index contributed by atoms with van der Waals surface area (Å²) < 4.78 is 59.6. The number of piperazine rings is 1. The van der Waals surface area contributed by atoms with E-state index in [1.807, 2.05) is 4.90 Å². The van der Waals surface area contributed by atoms with E-state index in [0.29, 0.717) is 30.7 Å². The van der Waals surface area contributed by atoms with Gasteiger partial charge in [-0.15, -0.1) is 0 Å². The third-order valence-corrected chi connectivity index (χ3v) is 9.66. The number of fused-ring (bicyclic) bond motifs is 6. The fourth-order valence-electron chi connectivity index (χ4n) is 7.55. The lowest BCUT2D eigenvalue weighted by molar-refractivity contribution is 0.107. The summed E-state index contributed by atoms with van der Waals surface area (Å²) in [6, 6.07) is 6.87. The number of halogens is 3. The molecule has 0 spiro atoms. The minimum absolute atomic E-state index is 0.0154. The molecule has 2 N–H and O–H groups in total. The van der Waals surface area contributed by atoms with Gasteiger partial charge in [-0.05, 0) is 55.8 Å². The van der Waals surface area contributed by atoms with Gasteiger partial charge in [0.05, 0.1) is 18.0 Å². The van der Waals surface area contributed by atoms with E-state index in [-0.39, 0.29) is 65.4 Å². The predicted molar refractivity (Wildman–Crippen MR) is 155 cm³/mol. The second kappa shape index (κ2) is 9.81. The van der Waals surface area contributed by atoms with E-state index in [0.717, 1.165) is 36.4 Å². The SMILES string of the molecule is [2H][C@]1(F)CN2CCC[C@@]2(COc2nc(N3CC4CCC3CN4)c3ccn(-c4cc(O)cc5ccc(F)c(F)c45)c(=O)c3n2)C1. The molecule has 5 fully saturated rings. The first-order valence-electron chi connectivity index (χ1n) is 15.2. The molecule has 0 saturated carbocycles. The van der Waals surface area contributed by atoms with Gasteiger partial charge in [-0.1, -0.05) is 6.07 Å². The third-order valence-electron chi connectivity index (χ3n) is 9.66. The molecule has 43 heavy (non-hydrogen) atoms. The maximum Gasteiger partial charge on any atom is 0.319 e. The van der Waals surface area contributed by atoms with Crippen molar-refractivity contribution in [2.75, 3.05) is 37.7 Å². The molecule has 0 radical (unpaired) electrons. The third kappa shape index (κ3) is 4.25. The molecule has 5 aliphatic rings. The molecule has 5 aliphatic heterocycles. The molecular formula is C31H31F3N6O3. The summed E-state index contributed by atoms with van der Waals surface area (Å²) in [5.74, 6) is -1.89. The standard InChI is InChI=1S/C31H31F3N6O3/c32-18-12-31(7-1-8-38(31)14-18)16-43-30-36-27-22(28(37-30)40-15-19-3-4-20(40)13-35-19)6-9-39(29(27)42)24-11-21(41)10-17-2-5-23(33)26(34)25(17)24/h2,5-6,9-11,18-20,35,41H,1,3-4,7-8,12-16H2/t18-,19?,20?,31+/m1/s1/i18D. The Morgan fingerprint density at radius 3 is 2.86 bits per heavy atom. The molecule has 2 bridgehead atoms. The highest BCUT2D eigenvalue weighted by atomic mass is 19.2. The van der Waals surface area contributed by atoms with Gasteiger partial charge in [0.1, 0.15) is 29.8 Å². The molecule has 2 aromatic carbocycles. The Morgan fingerprint density at radius 1 is 1.19 bits per heavy atom. The number of ether oxygens (including phenoxy) is 1. The van der Waals surface area contributed by atoms with Crippen LogP contribution in [0.4, 0.5) is 19.0 Å². The highest BCUT2D eigenvalue weighted by Gasteiger charge is 2.49. The van der Waals surface area contributed by atoms with Crippen molar-refractivity contribution in [1.82, 2.24) is 24.8 Å². The van der Waals surface area contributed by atoms with E-state index in [2.05, 4.69) is 15.2 Å². The fraction of sp³-hybridized carbons (Fsp3) is 0.452. The molecule has 12 heteroatoms. The predicted octanol–water partition coefficient (Wildman–Crippen LogP) is 3.81. The zero-order valence-corrected chi connectivity index (χ0v) is 23.3. The molecule has 4 aromatic rings. The summed E-state index contributed by atoms with van der Waals surface area (Å²) in [6.45, 7) is 2.22. The van der Waals surface area contributed by atoms with Crippen molar-refractivity contribution in [3.8, 4) is 17.4 Å². The van der Waals surface area contributed by atoms with E-state index in [9.17, 15) is 18.7 Å². The van der Waals surface area contributed by atoms with Gasteiger partial charge >= 0.3 is 6.01 Å². The van der Waals surface area contributed by atoms with Gasteiger partial charge < -0.3 is 20.1 Å². The number of alkyl halides is 1. The Labute approximate surface area is 246 Å². The van der Waals surface area contributed by atoms with Crippen LogP contribution in [-0.4, -0.2) is 81.1 Å². The number of piperidine rings is 2. The first-order chi connectivity index (χ1) is 21.1. The van der Waals surface area contributed by atoms with Crippen LogP contribution in [0.15, 0.2) is 41.3 Å². The van der Waals surface area contributed by atoms with Gasteiger partial charge in [-0.2, -0.15) is 9.97 Å². The summed E-state index contributed by atoms with van der Waals surface area (Å²) in [5, 5.41) is 14.5. The van der Waals surface area contributed by atoms with Crippen LogP contribution in [0.2, 0.25) is 0 Å². The van der Waals surface area contributed by atoms with E-state index < -0.39 is 28.9 Å². The van der Waals surface area contributed by atoms with Gasteiger partial charge in [0.15, 0.2) is 11.6 Å². The van der Waals surface area contributed by atoms with Crippen LogP contribution in [0.1, 0.15) is 33.5 Å². The van der Waals surface area contributed by atoms with Crippen LogP contribution in [0, 0.1) is 11.6 Å².